The van der Waals surface area contributed by atoms with Gasteiger partial charge in [0.15, 0.2) is 0 Å². The second-order valence-corrected chi connectivity index (χ2v) is 3.38. The summed E-state index contributed by atoms with van der Waals surface area (Å²) >= 11 is 0. The molecular weight excluding hydrogens is 138 g/mol. The van der Waals surface area contributed by atoms with Gasteiger partial charge >= 0.3 is 0 Å². The van der Waals surface area contributed by atoms with Crippen molar-refractivity contribution in [3.8, 4) is 0 Å². The van der Waals surface area contributed by atoms with Crippen molar-refractivity contribution in [2.45, 2.75) is 32.6 Å². The molecule has 2 heterocycles. The number of nitrogens with zero attached hydrogens (tertiary/aromatic N) is 1. The Morgan fingerprint density at radius 1 is 1.27 bits per heavy atom. The number of allylic oxidation sites excluding steroid dienone is 2. The molecule has 2 aliphatic heterocycles. The summed E-state index contributed by atoms with van der Waals surface area (Å²) in [7, 11) is 0. The summed E-state index contributed by atoms with van der Waals surface area (Å²) in [5.41, 5.74) is 2.75. The van der Waals surface area contributed by atoms with Crippen LogP contribution in [0, 0.1) is 0 Å². The third-order valence-electron chi connectivity index (χ3n) is 2.63. The van der Waals surface area contributed by atoms with Gasteiger partial charge in [0.2, 0.25) is 5.91 Å². The first-order chi connectivity index (χ1) is 5.29. The first kappa shape index (κ1) is 6.89. The maximum absolute atomic E-state index is 11.2. The molecule has 2 rings (SSSR count). The number of carbonyl (C=O) groups is 1. The van der Waals surface area contributed by atoms with Crippen molar-refractivity contribution in [2.75, 3.05) is 6.54 Å². The second kappa shape index (κ2) is 2.36. The molecule has 0 aromatic rings. The van der Waals surface area contributed by atoms with Gasteiger partial charge in [0.25, 0.3) is 0 Å². The summed E-state index contributed by atoms with van der Waals surface area (Å²) in [6.45, 7) is 3.12. The molecule has 0 N–H and O–H groups in total. The van der Waals surface area contributed by atoms with E-state index in [1.54, 1.807) is 0 Å². The van der Waals surface area contributed by atoms with Crippen LogP contribution in [0.15, 0.2) is 11.3 Å². The van der Waals surface area contributed by atoms with Gasteiger partial charge in [-0.15, -0.1) is 0 Å². The maximum atomic E-state index is 11.2. The summed E-state index contributed by atoms with van der Waals surface area (Å²) < 4.78 is 0. The van der Waals surface area contributed by atoms with Gasteiger partial charge in [-0.2, -0.15) is 0 Å². The van der Waals surface area contributed by atoms with Gasteiger partial charge in [-0.25, -0.2) is 0 Å². The summed E-state index contributed by atoms with van der Waals surface area (Å²) in [6.07, 6.45) is 4.08. The van der Waals surface area contributed by atoms with Crippen molar-refractivity contribution in [3.05, 3.63) is 11.3 Å². The summed E-state index contributed by atoms with van der Waals surface area (Å²) in [5, 5.41) is 0. The van der Waals surface area contributed by atoms with Crippen molar-refractivity contribution in [3.63, 3.8) is 0 Å². The minimum atomic E-state index is 0.332. The predicted molar refractivity (Wildman–Crippen MR) is 42.9 cm³/mol. The Morgan fingerprint density at radius 3 is 2.82 bits per heavy atom. The van der Waals surface area contributed by atoms with Crippen LogP contribution < -0.4 is 0 Å². The van der Waals surface area contributed by atoms with Crippen molar-refractivity contribution < 1.29 is 4.79 Å². The van der Waals surface area contributed by atoms with E-state index in [1.165, 1.54) is 17.7 Å². The highest BCUT2D eigenvalue weighted by Gasteiger charge is 2.28. The minimum absolute atomic E-state index is 0.332. The van der Waals surface area contributed by atoms with E-state index in [9.17, 15) is 4.79 Å². The van der Waals surface area contributed by atoms with Crippen molar-refractivity contribution >= 4 is 5.91 Å². The van der Waals surface area contributed by atoms with Crippen molar-refractivity contribution in [2.24, 2.45) is 0 Å². The molecule has 0 atom stereocenters. The molecule has 0 aromatic carbocycles. The van der Waals surface area contributed by atoms with Gasteiger partial charge in [0, 0.05) is 18.7 Å². The molecule has 0 aliphatic carbocycles. The lowest BCUT2D eigenvalue weighted by Gasteiger charge is -2.25. The third kappa shape index (κ3) is 0.971. The van der Waals surface area contributed by atoms with E-state index < -0.39 is 0 Å². The fourth-order valence-corrected chi connectivity index (χ4v) is 2.00. The lowest BCUT2D eigenvalue weighted by molar-refractivity contribution is -0.126. The van der Waals surface area contributed by atoms with E-state index in [1.807, 2.05) is 4.90 Å². The lowest BCUT2D eigenvalue weighted by atomic mass is 10.0. The van der Waals surface area contributed by atoms with Gasteiger partial charge in [0.05, 0.1) is 0 Å². The zero-order valence-electron chi connectivity index (χ0n) is 6.89. The average Bonchev–Trinajstić information content (AvgIpc) is 2.35. The van der Waals surface area contributed by atoms with Crippen LogP contribution in [0.3, 0.4) is 0 Å². The number of hydrogen-bond donors (Lipinski definition) is 0. The van der Waals surface area contributed by atoms with E-state index in [-0.39, 0.29) is 0 Å². The third-order valence-corrected chi connectivity index (χ3v) is 2.63. The topological polar surface area (TPSA) is 20.3 Å². The normalized spacial score (nSPS) is 24.5. The average molecular weight is 151 g/mol. The summed E-state index contributed by atoms with van der Waals surface area (Å²) in [5.74, 6) is 0.332. The Hall–Kier alpha value is -0.790. The molecule has 0 aromatic heterocycles. The van der Waals surface area contributed by atoms with Gasteiger partial charge in [-0.1, -0.05) is 5.57 Å². The first-order valence-electron chi connectivity index (χ1n) is 4.28. The fourth-order valence-electron chi connectivity index (χ4n) is 2.00. The standard InChI is InChI=1S/C9H13NO/c1-7-3-2-6-10-8(7)4-5-9(10)11/h2-6H2,1H3. The number of rotatable bonds is 0. The van der Waals surface area contributed by atoms with Gasteiger partial charge in [0.1, 0.15) is 0 Å². The van der Waals surface area contributed by atoms with Crippen LogP contribution in [0.4, 0.5) is 0 Å². The maximum Gasteiger partial charge on any atom is 0.227 e. The van der Waals surface area contributed by atoms with Gasteiger partial charge in [-0.3, -0.25) is 4.79 Å². The first-order valence-corrected chi connectivity index (χ1v) is 4.28. The molecule has 0 spiro atoms. The molecule has 0 bridgehead atoms. The van der Waals surface area contributed by atoms with Crippen LogP contribution in [0.5, 0.6) is 0 Å². The summed E-state index contributed by atoms with van der Waals surface area (Å²) in [6, 6.07) is 0. The highest BCUT2D eigenvalue weighted by Crippen LogP contribution is 2.31. The Kier molecular flexibility index (Phi) is 1.48. The minimum Gasteiger partial charge on any atom is -0.316 e. The number of fused-ring (bicyclic) bond motifs is 1. The van der Waals surface area contributed by atoms with Gasteiger partial charge < -0.3 is 4.90 Å². The van der Waals surface area contributed by atoms with Gasteiger partial charge in [-0.05, 0) is 26.2 Å². The highest BCUT2D eigenvalue weighted by atomic mass is 16.2. The molecule has 2 heteroatoms. The number of carbonyl (C=O) groups excluding carboxylic acids is 1. The van der Waals surface area contributed by atoms with Crippen LogP contribution in [-0.2, 0) is 4.79 Å². The molecular formula is C9H13NO. The predicted octanol–water partition coefficient (Wildman–Crippen LogP) is 1.68. The van der Waals surface area contributed by atoms with E-state index in [0.717, 1.165) is 25.8 Å². The highest BCUT2D eigenvalue weighted by molar-refractivity contribution is 5.81. The molecule has 2 aliphatic rings. The van der Waals surface area contributed by atoms with E-state index in [2.05, 4.69) is 6.92 Å². The molecule has 0 saturated carbocycles. The van der Waals surface area contributed by atoms with Crippen LogP contribution in [0.2, 0.25) is 0 Å². The van der Waals surface area contributed by atoms with Crippen LogP contribution in [-0.4, -0.2) is 17.4 Å². The number of amides is 1. The monoisotopic (exact) mass is 151 g/mol. The van der Waals surface area contributed by atoms with E-state index in [4.69, 9.17) is 0 Å². The Balaban J connectivity index is 2.33. The molecule has 0 radical (unpaired) electrons. The molecule has 11 heavy (non-hydrogen) atoms. The zero-order chi connectivity index (χ0) is 7.84. The molecule has 0 unspecified atom stereocenters. The quantitative estimate of drug-likeness (QED) is 0.515. The second-order valence-electron chi connectivity index (χ2n) is 3.38. The Morgan fingerprint density at radius 2 is 2.09 bits per heavy atom. The van der Waals surface area contributed by atoms with Crippen molar-refractivity contribution in [1.29, 1.82) is 0 Å². The van der Waals surface area contributed by atoms with E-state index in [0.29, 0.717) is 5.91 Å². The van der Waals surface area contributed by atoms with E-state index >= 15 is 0 Å². The number of hydrogen-bond acceptors (Lipinski definition) is 1. The Bertz CT molecular complexity index is 230. The molecule has 1 amide bonds. The smallest absolute Gasteiger partial charge is 0.227 e. The largest absolute Gasteiger partial charge is 0.316 e. The summed E-state index contributed by atoms with van der Waals surface area (Å²) in [4.78, 5) is 13.2. The lowest BCUT2D eigenvalue weighted by Crippen LogP contribution is -2.27. The molecule has 60 valence electrons. The zero-order valence-corrected chi connectivity index (χ0v) is 6.89. The Labute approximate surface area is 66.9 Å². The molecule has 2 nitrogen and oxygen atoms in total. The SMILES string of the molecule is CC1=C2CCC(=O)N2CCC1. The van der Waals surface area contributed by atoms with Crippen LogP contribution in [0.25, 0.3) is 0 Å². The van der Waals surface area contributed by atoms with Crippen LogP contribution in [0.1, 0.15) is 32.6 Å². The fraction of sp³-hybridized carbons (Fsp3) is 0.667. The molecule has 1 fully saturated rings. The van der Waals surface area contributed by atoms with Crippen LogP contribution >= 0.6 is 0 Å². The van der Waals surface area contributed by atoms with Crippen molar-refractivity contribution in [1.82, 2.24) is 4.90 Å². The molecule has 1 saturated heterocycles.